The van der Waals surface area contributed by atoms with Gasteiger partial charge in [-0.25, -0.2) is 9.97 Å². The maximum atomic E-state index is 12.0. The smallest absolute Gasteiger partial charge is 0.293 e. The van der Waals surface area contributed by atoms with Gasteiger partial charge in [0.15, 0.2) is 5.82 Å². The molecule has 0 spiro atoms. The first-order valence-electron chi connectivity index (χ1n) is 5.89. The van der Waals surface area contributed by atoms with Crippen LogP contribution in [0.15, 0.2) is 30.6 Å². The van der Waals surface area contributed by atoms with Gasteiger partial charge in [-0.05, 0) is 19.1 Å². The van der Waals surface area contributed by atoms with Crippen LogP contribution in [-0.2, 0) is 0 Å². The molecule has 2 aromatic heterocycles. The monoisotopic (exact) mass is 269 g/mol. The average molecular weight is 269 g/mol. The fourth-order valence-electron chi connectivity index (χ4n) is 1.75. The number of carbonyl (C=O) groups is 1. The van der Waals surface area contributed by atoms with Crippen LogP contribution in [0, 0.1) is 6.92 Å². The highest BCUT2D eigenvalue weighted by Gasteiger charge is 2.14. The lowest BCUT2D eigenvalue weighted by atomic mass is 10.1. The van der Waals surface area contributed by atoms with Crippen LogP contribution in [0.1, 0.15) is 16.4 Å². The van der Waals surface area contributed by atoms with Gasteiger partial charge in [0, 0.05) is 5.56 Å². The first-order valence-corrected chi connectivity index (χ1v) is 5.89. The topological polar surface area (TPSA) is 112 Å². The van der Waals surface area contributed by atoms with Crippen molar-refractivity contribution >= 4 is 11.6 Å². The van der Waals surface area contributed by atoms with Crippen LogP contribution < -0.4 is 5.32 Å². The first-order chi connectivity index (χ1) is 9.74. The Labute approximate surface area is 113 Å². The molecule has 0 saturated heterocycles. The van der Waals surface area contributed by atoms with Gasteiger partial charge >= 0.3 is 0 Å². The van der Waals surface area contributed by atoms with E-state index in [0.29, 0.717) is 17.3 Å². The number of carbonyl (C=O) groups excluding carboxylic acids is 1. The second-order valence-electron chi connectivity index (χ2n) is 4.08. The molecule has 0 fully saturated rings. The number of H-pyrrole nitrogens is 2. The molecule has 8 heteroatoms. The molecule has 0 bridgehead atoms. The van der Waals surface area contributed by atoms with E-state index in [1.54, 1.807) is 6.07 Å². The highest BCUT2D eigenvalue weighted by atomic mass is 16.2. The zero-order chi connectivity index (χ0) is 13.9. The van der Waals surface area contributed by atoms with E-state index in [-0.39, 0.29) is 11.7 Å². The normalized spacial score (nSPS) is 10.4. The van der Waals surface area contributed by atoms with Crippen molar-refractivity contribution in [2.75, 3.05) is 5.32 Å². The minimum absolute atomic E-state index is 0.144. The fourth-order valence-corrected chi connectivity index (χ4v) is 1.75. The van der Waals surface area contributed by atoms with Gasteiger partial charge in [0.1, 0.15) is 12.2 Å². The summed E-state index contributed by atoms with van der Waals surface area (Å²) in [6.45, 7) is 1.81. The molecule has 1 aromatic carbocycles. The van der Waals surface area contributed by atoms with Gasteiger partial charge in [-0.2, -0.15) is 10.2 Å². The molecule has 0 aliphatic heterocycles. The minimum atomic E-state index is -0.373. The average Bonchev–Trinajstić information content (AvgIpc) is 3.10. The lowest BCUT2D eigenvalue weighted by molar-refractivity contribution is 0.101. The second-order valence-corrected chi connectivity index (χ2v) is 4.08. The van der Waals surface area contributed by atoms with Crippen LogP contribution in [-0.4, -0.2) is 36.3 Å². The van der Waals surface area contributed by atoms with Crippen LogP contribution in [0.2, 0.25) is 0 Å². The SMILES string of the molecule is Cc1nc(-c2ccccc2NC(=O)c2ncn[nH]2)n[nH]1. The van der Waals surface area contributed by atoms with Crippen LogP contribution in [0.5, 0.6) is 0 Å². The lowest BCUT2D eigenvalue weighted by Crippen LogP contribution is -2.14. The van der Waals surface area contributed by atoms with Crippen molar-refractivity contribution in [3.8, 4) is 11.4 Å². The van der Waals surface area contributed by atoms with Crippen molar-refractivity contribution in [3.05, 3.63) is 42.2 Å². The Balaban J connectivity index is 1.92. The third-order valence-electron chi connectivity index (χ3n) is 2.64. The zero-order valence-electron chi connectivity index (χ0n) is 10.6. The highest BCUT2D eigenvalue weighted by Crippen LogP contribution is 2.24. The summed E-state index contributed by atoms with van der Waals surface area (Å²) in [7, 11) is 0. The molecule has 0 atom stereocenters. The predicted octanol–water partition coefficient (Wildman–Crippen LogP) is 1.15. The summed E-state index contributed by atoms with van der Waals surface area (Å²) in [5.41, 5.74) is 1.33. The van der Waals surface area contributed by atoms with E-state index in [4.69, 9.17) is 0 Å². The van der Waals surface area contributed by atoms with E-state index < -0.39 is 0 Å². The number of amides is 1. The van der Waals surface area contributed by atoms with Gasteiger partial charge in [-0.3, -0.25) is 15.0 Å². The maximum absolute atomic E-state index is 12.0. The van der Waals surface area contributed by atoms with E-state index in [9.17, 15) is 4.79 Å². The molecule has 20 heavy (non-hydrogen) atoms. The van der Waals surface area contributed by atoms with Gasteiger partial charge in [0.25, 0.3) is 5.91 Å². The van der Waals surface area contributed by atoms with Crippen LogP contribution in [0.4, 0.5) is 5.69 Å². The quantitative estimate of drug-likeness (QED) is 0.660. The van der Waals surface area contributed by atoms with Gasteiger partial charge in [-0.1, -0.05) is 12.1 Å². The second kappa shape index (κ2) is 4.92. The lowest BCUT2D eigenvalue weighted by Gasteiger charge is -2.07. The maximum Gasteiger partial charge on any atom is 0.293 e. The molecule has 2 heterocycles. The summed E-state index contributed by atoms with van der Waals surface area (Å²) in [5, 5.41) is 15.8. The van der Waals surface area contributed by atoms with E-state index in [1.807, 2.05) is 25.1 Å². The number of nitrogens with one attached hydrogen (secondary N) is 3. The Kier molecular flexibility index (Phi) is 2.96. The van der Waals surface area contributed by atoms with E-state index in [1.165, 1.54) is 6.33 Å². The molecule has 1 amide bonds. The molecule has 100 valence electrons. The molecule has 0 radical (unpaired) electrons. The van der Waals surface area contributed by atoms with Crippen LogP contribution in [0.25, 0.3) is 11.4 Å². The van der Waals surface area contributed by atoms with E-state index in [0.717, 1.165) is 5.56 Å². The third-order valence-corrected chi connectivity index (χ3v) is 2.64. The number of anilines is 1. The molecule has 0 aliphatic carbocycles. The van der Waals surface area contributed by atoms with Crippen molar-refractivity contribution in [1.82, 2.24) is 30.4 Å². The highest BCUT2D eigenvalue weighted by molar-refractivity contribution is 6.03. The molecule has 3 rings (SSSR count). The molecule has 8 nitrogen and oxygen atoms in total. The number of benzene rings is 1. The van der Waals surface area contributed by atoms with Crippen LogP contribution in [0.3, 0.4) is 0 Å². The van der Waals surface area contributed by atoms with E-state index in [2.05, 4.69) is 35.7 Å². The van der Waals surface area contributed by atoms with Gasteiger partial charge in [0.2, 0.25) is 5.82 Å². The van der Waals surface area contributed by atoms with Gasteiger partial charge in [0.05, 0.1) is 5.69 Å². The molecule has 3 N–H and O–H groups in total. The van der Waals surface area contributed by atoms with Crippen molar-refractivity contribution in [2.24, 2.45) is 0 Å². The number of rotatable bonds is 3. The van der Waals surface area contributed by atoms with Gasteiger partial charge in [-0.15, -0.1) is 0 Å². The number of hydrogen-bond donors (Lipinski definition) is 3. The number of para-hydroxylation sites is 1. The largest absolute Gasteiger partial charge is 0.319 e. The summed E-state index contributed by atoms with van der Waals surface area (Å²) in [4.78, 5) is 20.0. The third kappa shape index (κ3) is 2.26. The number of hydrogen-bond acceptors (Lipinski definition) is 5. The summed E-state index contributed by atoms with van der Waals surface area (Å²) in [6, 6.07) is 7.28. The number of aromatic nitrogens is 6. The standard InChI is InChI=1S/C12H11N7O/c1-7-15-10(19-17-7)8-4-2-3-5-9(8)16-12(20)11-13-6-14-18-11/h2-6H,1H3,(H,16,20)(H,13,14,18)(H,15,17,19). The molecule has 0 aliphatic rings. The number of aromatic amines is 2. The molecular formula is C12H11N7O. The Morgan fingerprint density at radius 1 is 1.25 bits per heavy atom. The van der Waals surface area contributed by atoms with Crippen molar-refractivity contribution < 1.29 is 4.79 Å². The Hall–Kier alpha value is -3.03. The van der Waals surface area contributed by atoms with Crippen molar-refractivity contribution in [2.45, 2.75) is 6.92 Å². The molecular weight excluding hydrogens is 258 g/mol. The summed E-state index contributed by atoms with van der Waals surface area (Å²) in [6.07, 6.45) is 1.28. The predicted molar refractivity (Wildman–Crippen MR) is 70.9 cm³/mol. The fraction of sp³-hybridized carbons (Fsp3) is 0.0833. The van der Waals surface area contributed by atoms with Gasteiger partial charge < -0.3 is 5.32 Å². The molecule has 0 unspecified atom stereocenters. The summed E-state index contributed by atoms with van der Waals surface area (Å²) >= 11 is 0. The first kappa shape index (κ1) is 12.0. The Morgan fingerprint density at radius 3 is 2.80 bits per heavy atom. The Morgan fingerprint density at radius 2 is 2.10 bits per heavy atom. The minimum Gasteiger partial charge on any atom is -0.319 e. The van der Waals surface area contributed by atoms with Crippen molar-refractivity contribution in [3.63, 3.8) is 0 Å². The van der Waals surface area contributed by atoms with Crippen molar-refractivity contribution in [1.29, 1.82) is 0 Å². The summed E-state index contributed by atoms with van der Waals surface area (Å²) in [5.74, 6) is 1.00. The number of aryl methyl sites for hydroxylation is 1. The van der Waals surface area contributed by atoms with E-state index >= 15 is 0 Å². The van der Waals surface area contributed by atoms with Crippen LogP contribution >= 0.6 is 0 Å². The summed E-state index contributed by atoms with van der Waals surface area (Å²) < 4.78 is 0. The zero-order valence-corrected chi connectivity index (χ0v) is 10.6. The number of nitrogens with zero attached hydrogens (tertiary/aromatic N) is 4. The Bertz CT molecular complexity index is 732. The molecule has 0 saturated carbocycles. The molecule has 3 aromatic rings.